The number of hydrogen-bond acceptors (Lipinski definition) is 6. The Kier molecular flexibility index (Phi) is 6.11. The number of anilines is 1. The second kappa shape index (κ2) is 7.85. The highest BCUT2D eigenvalue weighted by Crippen LogP contribution is 2.27. The van der Waals surface area contributed by atoms with E-state index in [1.54, 1.807) is 7.11 Å². The molecule has 0 aromatic carbocycles. The molecule has 0 aliphatic carbocycles. The van der Waals surface area contributed by atoms with Crippen molar-refractivity contribution in [3.8, 4) is 0 Å². The van der Waals surface area contributed by atoms with Crippen LogP contribution in [-0.4, -0.2) is 73.5 Å². The molecular formula is C16H28N4O2. The molecule has 2 rings (SSSR count). The second-order valence-electron chi connectivity index (χ2n) is 6.31. The molecule has 0 spiro atoms. The number of aliphatic hydroxyl groups excluding tert-OH is 1. The van der Waals surface area contributed by atoms with Crippen LogP contribution in [0.3, 0.4) is 0 Å². The molecule has 0 bridgehead atoms. The first-order valence-corrected chi connectivity index (χ1v) is 7.89. The van der Waals surface area contributed by atoms with Gasteiger partial charge in [-0.05, 0) is 32.9 Å². The second-order valence-corrected chi connectivity index (χ2v) is 6.31. The summed E-state index contributed by atoms with van der Waals surface area (Å²) in [5.41, 5.74) is 1.98. The number of likely N-dealkylation sites (N-methyl/N-ethyl adjacent to an activating group) is 1. The molecule has 0 saturated carbocycles. The smallest absolute Gasteiger partial charge is 0.225 e. The van der Waals surface area contributed by atoms with Crippen LogP contribution >= 0.6 is 0 Å². The highest BCUT2D eigenvalue weighted by Gasteiger charge is 2.34. The van der Waals surface area contributed by atoms with E-state index in [2.05, 4.69) is 26.8 Å². The van der Waals surface area contributed by atoms with E-state index in [4.69, 9.17) is 4.74 Å². The molecule has 1 fully saturated rings. The van der Waals surface area contributed by atoms with Gasteiger partial charge in [0.05, 0.1) is 6.61 Å². The molecule has 22 heavy (non-hydrogen) atoms. The number of hydrogen-bond donors (Lipinski definition) is 1. The lowest BCUT2D eigenvalue weighted by molar-refractivity contribution is 0.136. The zero-order valence-electron chi connectivity index (χ0n) is 14.1. The quantitative estimate of drug-likeness (QED) is 0.801. The number of methoxy groups -OCH3 is 1. The van der Waals surface area contributed by atoms with Gasteiger partial charge in [0.2, 0.25) is 5.95 Å². The Morgan fingerprint density at radius 3 is 2.50 bits per heavy atom. The summed E-state index contributed by atoms with van der Waals surface area (Å²) in [6, 6.07) is 1.99. The topological polar surface area (TPSA) is 61.7 Å². The fourth-order valence-corrected chi connectivity index (χ4v) is 3.10. The summed E-state index contributed by atoms with van der Waals surface area (Å²) in [7, 11) is 3.82. The van der Waals surface area contributed by atoms with Crippen LogP contribution in [0.4, 0.5) is 5.95 Å². The van der Waals surface area contributed by atoms with E-state index >= 15 is 0 Å². The van der Waals surface area contributed by atoms with Crippen molar-refractivity contribution in [2.24, 2.45) is 11.8 Å². The van der Waals surface area contributed by atoms with Crippen molar-refractivity contribution in [2.75, 3.05) is 58.5 Å². The minimum atomic E-state index is 0.212. The molecular weight excluding hydrogens is 280 g/mol. The average Bonchev–Trinajstić information content (AvgIpc) is 2.87. The van der Waals surface area contributed by atoms with Gasteiger partial charge < -0.3 is 19.6 Å². The average molecular weight is 308 g/mol. The van der Waals surface area contributed by atoms with Crippen molar-refractivity contribution in [1.29, 1.82) is 0 Å². The molecule has 1 aliphatic heterocycles. The highest BCUT2D eigenvalue weighted by atomic mass is 16.5. The molecule has 6 nitrogen and oxygen atoms in total. The first kappa shape index (κ1) is 17.1. The van der Waals surface area contributed by atoms with Gasteiger partial charge in [0, 0.05) is 57.2 Å². The third-order valence-corrected chi connectivity index (χ3v) is 4.29. The third kappa shape index (κ3) is 4.38. The van der Waals surface area contributed by atoms with Gasteiger partial charge in [0.1, 0.15) is 0 Å². The number of rotatable bonds is 7. The Hall–Kier alpha value is -1.24. The van der Waals surface area contributed by atoms with Crippen molar-refractivity contribution in [1.82, 2.24) is 14.9 Å². The summed E-state index contributed by atoms with van der Waals surface area (Å²) >= 11 is 0. The van der Waals surface area contributed by atoms with E-state index in [0.717, 1.165) is 50.1 Å². The van der Waals surface area contributed by atoms with E-state index in [0.29, 0.717) is 5.92 Å². The minimum absolute atomic E-state index is 0.212. The standard InChI is InChI=1S/C16H28N4O2/c1-12-7-13(2)18-16(17-12)20-9-14(15(10-20)11-21)8-19(3)5-6-22-4/h7,14-15,21H,5-6,8-11H2,1-4H3/t14-,15-/m1/s1. The molecule has 1 aliphatic rings. The third-order valence-electron chi connectivity index (χ3n) is 4.29. The van der Waals surface area contributed by atoms with Crippen LogP contribution in [0.5, 0.6) is 0 Å². The fraction of sp³-hybridized carbons (Fsp3) is 0.750. The van der Waals surface area contributed by atoms with Crippen LogP contribution in [0.15, 0.2) is 6.07 Å². The van der Waals surface area contributed by atoms with Gasteiger partial charge in [-0.1, -0.05) is 0 Å². The molecule has 0 unspecified atom stereocenters. The van der Waals surface area contributed by atoms with Crippen LogP contribution in [-0.2, 0) is 4.74 Å². The first-order valence-electron chi connectivity index (χ1n) is 7.89. The number of ether oxygens (including phenoxy) is 1. The summed E-state index contributed by atoms with van der Waals surface area (Å²) in [6.45, 7) is 8.51. The summed E-state index contributed by atoms with van der Waals surface area (Å²) in [6.07, 6.45) is 0. The van der Waals surface area contributed by atoms with Crippen LogP contribution in [0.2, 0.25) is 0 Å². The Labute approximate surface area is 133 Å². The maximum absolute atomic E-state index is 9.69. The zero-order valence-corrected chi connectivity index (χ0v) is 14.1. The van der Waals surface area contributed by atoms with Gasteiger partial charge in [-0.25, -0.2) is 9.97 Å². The van der Waals surface area contributed by atoms with Crippen LogP contribution in [0, 0.1) is 25.7 Å². The zero-order chi connectivity index (χ0) is 16.1. The Balaban J connectivity index is 2.02. The van der Waals surface area contributed by atoms with Crippen LogP contribution in [0.1, 0.15) is 11.4 Å². The van der Waals surface area contributed by atoms with E-state index in [-0.39, 0.29) is 12.5 Å². The molecule has 1 aromatic rings. The molecule has 0 radical (unpaired) electrons. The minimum Gasteiger partial charge on any atom is -0.396 e. The van der Waals surface area contributed by atoms with Crippen LogP contribution in [0.25, 0.3) is 0 Å². The Morgan fingerprint density at radius 1 is 1.27 bits per heavy atom. The van der Waals surface area contributed by atoms with Crippen molar-refractivity contribution in [3.63, 3.8) is 0 Å². The molecule has 6 heteroatoms. The number of aryl methyl sites for hydroxylation is 2. The molecule has 1 aromatic heterocycles. The monoisotopic (exact) mass is 308 g/mol. The summed E-state index contributed by atoms with van der Waals surface area (Å²) < 4.78 is 5.13. The normalized spacial score (nSPS) is 21.8. The number of aliphatic hydroxyl groups is 1. The van der Waals surface area contributed by atoms with Gasteiger partial charge in [-0.15, -0.1) is 0 Å². The van der Waals surface area contributed by atoms with E-state index in [1.807, 2.05) is 19.9 Å². The number of nitrogens with zero attached hydrogens (tertiary/aromatic N) is 4. The predicted molar refractivity (Wildman–Crippen MR) is 87.2 cm³/mol. The lowest BCUT2D eigenvalue weighted by atomic mass is 9.96. The van der Waals surface area contributed by atoms with Gasteiger partial charge in [-0.3, -0.25) is 0 Å². The van der Waals surface area contributed by atoms with Gasteiger partial charge in [-0.2, -0.15) is 0 Å². The molecule has 2 heterocycles. The maximum Gasteiger partial charge on any atom is 0.225 e. The van der Waals surface area contributed by atoms with Gasteiger partial charge in [0.25, 0.3) is 0 Å². The van der Waals surface area contributed by atoms with E-state index in [9.17, 15) is 5.11 Å². The largest absolute Gasteiger partial charge is 0.396 e. The van der Waals surface area contributed by atoms with Crippen molar-refractivity contribution in [2.45, 2.75) is 13.8 Å². The fourth-order valence-electron chi connectivity index (χ4n) is 3.10. The van der Waals surface area contributed by atoms with Crippen LogP contribution < -0.4 is 4.90 Å². The molecule has 1 saturated heterocycles. The molecule has 124 valence electrons. The molecule has 0 amide bonds. The molecule has 2 atom stereocenters. The highest BCUT2D eigenvalue weighted by molar-refractivity contribution is 5.34. The Bertz CT molecular complexity index is 463. The summed E-state index contributed by atoms with van der Waals surface area (Å²) in [4.78, 5) is 13.6. The van der Waals surface area contributed by atoms with Gasteiger partial charge in [0.15, 0.2) is 0 Å². The lowest BCUT2D eigenvalue weighted by Gasteiger charge is -2.23. The van der Waals surface area contributed by atoms with Gasteiger partial charge >= 0.3 is 0 Å². The van der Waals surface area contributed by atoms with E-state index < -0.39 is 0 Å². The van der Waals surface area contributed by atoms with Crippen molar-refractivity contribution < 1.29 is 9.84 Å². The number of aromatic nitrogens is 2. The predicted octanol–water partition coefficient (Wildman–Crippen LogP) is 0.716. The maximum atomic E-state index is 9.69. The van der Waals surface area contributed by atoms with Crippen molar-refractivity contribution >= 4 is 5.95 Å². The Morgan fingerprint density at radius 2 is 1.91 bits per heavy atom. The first-order chi connectivity index (χ1) is 10.5. The van der Waals surface area contributed by atoms with Crippen molar-refractivity contribution in [3.05, 3.63) is 17.5 Å². The summed E-state index contributed by atoms with van der Waals surface area (Å²) in [5, 5.41) is 9.69. The lowest BCUT2D eigenvalue weighted by Crippen LogP contribution is -2.33. The van der Waals surface area contributed by atoms with E-state index in [1.165, 1.54) is 0 Å². The molecule has 1 N–H and O–H groups in total. The summed E-state index contributed by atoms with van der Waals surface area (Å²) in [5.74, 6) is 1.49. The SMILES string of the molecule is COCCN(C)C[C@@H]1CN(c2nc(C)cc(C)n2)C[C@@H]1CO.